The number of carboxylic acid groups (broad SMARTS) is 2. The SMILES string of the molecule is CC(=O)NC[C@H](NC(=O)OCC1c2ccccc2-c2ccccc21)C(=O)O.CCONC(=O)[C@H](CNC(C)=O)NC(=O)OCC1c2ccccc2-c2ccccc21.CON.NC[C@H](NC(=O)OCC1c2ccccc2-c2ccccc21)C(=O)O. The minimum Gasteiger partial charge on any atom is -0.480 e. The van der Waals surface area contributed by atoms with Crippen molar-refractivity contribution in [1.82, 2.24) is 32.1 Å². The van der Waals surface area contributed by atoms with Gasteiger partial charge < -0.3 is 61.6 Å². The summed E-state index contributed by atoms with van der Waals surface area (Å²) in [5.41, 5.74) is 20.8. The number of rotatable bonds is 19. The summed E-state index contributed by atoms with van der Waals surface area (Å²) in [4.78, 5) is 101. The number of amides is 6. The average Bonchev–Trinajstić information content (AvgIpc) is 2.98. The van der Waals surface area contributed by atoms with Crippen molar-refractivity contribution in [3.05, 3.63) is 179 Å². The average molecular weight is 1150 g/mol. The maximum atomic E-state index is 12.4. The summed E-state index contributed by atoms with van der Waals surface area (Å²) < 4.78 is 16.0. The molecule has 0 spiro atoms. The molecule has 3 atom stereocenters. The largest absolute Gasteiger partial charge is 0.480 e. The zero-order chi connectivity index (χ0) is 60.7. The van der Waals surface area contributed by atoms with Crippen LogP contribution in [0.2, 0.25) is 0 Å². The Morgan fingerprint density at radius 2 is 0.726 bits per heavy atom. The number of nitrogens with one attached hydrogen (secondary N) is 6. The number of hydrogen-bond donors (Lipinski definition) is 10. The van der Waals surface area contributed by atoms with Crippen LogP contribution in [0.15, 0.2) is 146 Å². The van der Waals surface area contributed by atoms with E-state index >= 15 is 0 Å². The van der Waals surface area contributed by atoms with Gasteiger partial charge >= 0.3 is 30.2 Å². The van der Waals surface area contributed by atoms with Crippen LogP contribution in [0.5, 0.6) is 0 Å². The molecule has 3 aliphatic rings. The molecule has 6 aromatic rings. The molecular weight excluding hydrogens is 1080 g/mol. The molecule has 9 rings (SSSR count). The van der Waals surface area contributed by atoms with Crippen molar-refractivity contribution in [2.45, 2.75) is 56.7 Å². The standard InChI is InChI=1S/C22H25N3O5.C20H20N2O5.C18H18N2O4.CH5NO/c1-3-30-25-21(27)20(12-23-14(2)26)24-22(28)29-13-19-17-10-6-4-8-15(17)16-9-5-7-11-18(16)19;1-12(23)21-10-18(19(24)25)22-20(26)27-11-17-15-8-4-2-6-13(15)14-7-3-5-9-16(14)17;19-9-16(17(21)22)20-18(23)24-10-15-13-7-3-1-5-11(13)12-6-2-4-8-14(12)15;1-3-2/h4-11,19-20H,3,12-13H2,1-2H3,(H,23,26)(H,24,28)(H,25,27);2-9,17-18H,10-11H2,1H3,(H,21,23)(H,22,26)(H,24,25);1-8,15-16H,9-10,19H2,(H,20,23)(H,21,22);2H2,1H3/t20-;18-;16-;/m000./s1. The van der Waals surface area contributed by atoms with Crippen LogP contribution < -0.4 is 43.7 Å². The van der Waals surface area contributed by atoms with Gasteiger partial charge in [0, 0.05) is 51.2 Å². The first-order valence-corrected chi connectivity index (χ1v) is 26.6. The minimum atomic E-state index is -1.26. The Morgan fingerprint density at radius 1 is 0.464 bits per heavy atom. The molecule has 0 unspecified atom stereocenters. The van der Waals surface area contributed by atoms with Crippen LogP contribution in [0.25, 0.3) is 33.4 Å². The summed E-state index contributed by atoms with van der Waals surface area (Å²) in [6.07, 6.45) is -2.37. The molecule has 6 amide bonds. The van der Waals surface area contributed by atoms with Gasteiger partial charge in [0.1, 0.15) is 37.9 Å². The van der Waals surface area contributed by atoms with E-state index in [1.165, 1.54) is 21.0 Å². The Balaban J connectivity index is 0.000000198. The van der Waals surface area contributed by atoms with Crippen LogP contribution in [-0.4, -0.2) is 129 Å². The predicted molar refractivity (Wildman–Crippen MR) is 309 cm³/mol. The molecule has 23 heteroatoms. The lowest BCUT2D eigenvalue weighted by molar-refractivity contribution is -0.140. The van der Waals surface area contributed by atoms with Crippen molar-refractivity contribution >= 4 is 47.9 Å². The fourth-order valence-corrected chi connectivity index (χ4v) is 9.68. The molecule has 6 aromatic carbocycles. The summed E-state index contributed by atoms with van der Waals surface area (Å²) in [6, 6.07) is 44.4. The molecule has 0 radical (unpaired) electrons. The lowest BCUT2D eigenvalue weighted by Gasteiger charge is -2.19. The van der Waals surface area contributed by atoms with Gasteiger partial charge in [-0.1, -0.05) is 146 Å². The van der Waals surface area contributed by atoms with Crippen LogP contribution in [0.1, 0.15) is 71.9 Å². The Morgan fingerprint density at radius 3 is 0.988 bits per heavy atom. The maximum absolute atomic E-state index is 12.4. The van der Waals surface area contributed by atoms with E-state index in [2.05, 4.69) is 54.9 Å². The first kappa shape index (κ1) is 63.5. The zero-order valence-corrected chi connectivity index (χ0v) is 46.6. The van der Waals surface area contributed by atoms with E-state index in [4.69, 9.17) is 35.0 Å². The number of carboxylic acids is 2. The number of nitrogens with two attached hydrogens (primary N) is 2. The molecule has 0 saturated carbocycles. The van der Waals surface area contributed by atoms with Crippen molar-refractivity contribution in [3.8, 4) is 33.4 Å². The molecule has 0 fully saturated rings. The third-order valence-electron chi connectivity index (χ3n) is 13.5. The van der Waals surface area contributed by atoms with Gasteiger partial charge in [0.2, 0.25) is 11.8 Å². The number of carbonyl (C=O) groups excluding carboxylic acids is 6. The van der Waals surface area contributed by atoms with E-state index in [1.807, 2.05) is 133 Å². The van der Waals surface area contributed by atoms with Crippen molar-refractivity contribution in [2.75, 3.05) is 53.2 Å². The fourth-order valence-electron chi connectivity index (χ4n) is 9.68. The Labute approximate surface area is 484 Å². The Kier molecular flexibility index (Phi) is 23.8. The summed E-state index contributed by atoms with van der Waals surface area (Å²) in [6.45, 7) is 4.43. The van der Waals surface area contributed by atoms with E-state index in [0.717, 1.165) is 66.8 Å². The highest BCUT2D eigenvalue weighted by Crippen LogP contribution is 2.47. The quantitative estimate of drug-likeness (QED) is 0.0346. The third kappa shape index (κ3) is 16.9. The molecule has 0 aromatic heterocycles. The van der Waals surface area contributed by atoms with Crippen molar-refractivity contribution in [2.24, 2.45) is 11.6 Å². The molecule has 12 N–H and O–H groups in total. The highest BCUT2D eigenvalue weighted by Gasteiger charge is 2.33. The number of alkyl carbamates (subject to hydrolysis) is 3. The van der Waals surface area contributed by atoms with Gasteiger partial charge in [-0.25, -0.2) is 35.3 Å². The number of hydroxylamine groups is 1. The second-order valence-electron chi connectivity index (χ2n) is 19.0. The maximum Gasteiger partial charge on any atom is 0.407 e. The normalized spacial score (nSPS) is 13.0. The van der Waals surface area contributed by atoms with Crippen LogP contribution >= 0.6 is 0 Å². The van der Waals surface area contributed by atoms with Crippen LogP contribution in [-0.2, 0) is 47.9 Å². The van der Waals surface area contributed by atoms with Crippen LogP contribution in [0.4, 0.5) is 14.4 Å². The van der Waals surface area contributed by atoms with E-state index in [9.17, 15) is 38.4 Å². The second kappa shape index (κ2) is 31.5. The molecule has 442 valence electrons. The van der Waals surface area contributed by atoms with Gasteiger partial charge in [0.25, 0.3) is 5.91 Å². The molecule has 0 aliphatic heterocycles. The van der Waals surface area contributed by atoms with Crippen molar-refractivity contribution < 1.29 is 72.5 Å². The Hall–Kier alpha value is -9.68. The molecule has 0 heterocycles. The van der Waals surface area contributed by atoms with Crippen molar-refractivity contribution in [1.29, 1.82) is 0 Å². The molecule has 0 saturated heterocycles. The second-order valence-corrected chi connectivity index (χ2v) is 19.0. The van der Waals surface area contributed by atoms with E-state index in [0.29, 0.717) is 0 Å². The first-order valence-electron chi connectivity index (χ1n) is 26.6. The molecule has 0 bridgehead atoms. The summed E-state index contributed by atoms with van der Waals surface area (Å²) in [5.74, 6) is 0.358. The molecule has 3 aliphatic carbocycles. The van der Waals surface area contributed by atoms with E-state index in [1.54, 1.807) is 6.92 Å². The number of aliphatic carboxylic acids is 2. The number of carbonyl (C=O) groups is 8. The predicted octanol–water partition coefficient (Wildman–Crippen LogP) is 5.66. The number of hydrogen-bond acceptors (Lipinski definition) is 15. The van der Waals surface area contributed by atoms with Gasteiger partial charge in [0.15, 0.2) is 0 Å². The minimum absolute atomic E-state index is 0.0655. The van der Waals surface area contributed by atoms with E-state index < -0.39 is 54.3 Å². The van der Waals surface area contributed by atoms with Gasteiger partial charge in [0.05, 0.1) is 13.7 Å². The topological polar surface area (TPSA) is 347 Å². The number of benzene rings is 6. The van der Waals surface area contributed by atoms with E-state index in [-0.39, 0.29) is 75.6 Å². The molecule has 84 heavy (non-hydrogen) atoms. The van der Waals surface area contributed by atoms with Crippen LogP contribution in [0.3, 0.4) is 0 Å². The number of fused-ring (bicyclic) bond motifs is 9. The number of ether oxygens (including phenoxy) is 3. The van der Waals surface area contributed by atoms with Gasteiger partial charge in [-0.3, -0.25) is 19.2 Å². The summed E-state index contributed by atoms with van der Waals surface area (Å²) in [7, 11) is 1.40. The van der Waals surface area contributed by atoms with Gasteiger partial charge in [-0.15, -0.1) is 0 Å². The zero-order valence-electron chi connectivity index (χ0n) is 46.6. The van der Waals surface area contributed by atoms with Crippen molar-refractivity contribution in [3.63, 3.8) is 0 Å². The highest BCUT2D eigenvalue weighted by molar-refractivity contribution is 5.87. The first-order chi connectivity index (χ1) is 40.5. The lowest BCUT2D eigenvalue weighted by atomic mass is 9.98. The monoisotopic (exact) mass is 1150 g/mol. The van der Waals surface area contributed by atoms with Gasteiger partial charge in [-0.05, 0) is 73.7 Å². The summed E-state index contributed by atoms with van der Waals surface area (Å²) in [5, 5.41) is 29.9. The van der Waals surface area contributed by atoms with Gasteiger partial charge in [-0.2, -0.15) is 0 Å². The highest BCUT2D eigenvalue weighted by atomic mass is 16.7. The smallest absolute Gasteiger partial charge is 0.407 e. The summed E-state index contributed by atoms with van der Waals surface area (Å²) >= 11 is 0. The molecule has 23 nitrogen and oxygen atoms in total. The lowest BCUT2D eigenvalue weighted by Crippen LogP contribution is -2.52. The Bertz CT molecular complexity index is 3150. The molecular formula is C61H68N8O15. The van der Waals surface area contributed by atoms with Crippen LogP contribution in [0, 0.1) is 0 Å². The fraction of sp³-hybridized carbons (Fsp3) is 0.279. The third-order valence-corrected chi connectivity index (χ3v) is 13.5.